The van der Waals surface area contributed by atoms with Gasteiger partial charge in [0.2, 0.25) is 5.78 Å². The van der Waals surface area contributed by atoms with Crippen LogP contribution < -0.4 is 9.47 Å². The molecule has 4 rings (SSSR count). The van der Waals surface area contributed by atoms with Crippen LogP contribution >= 0.6 is 0 Å². The van der Waals surface area contributed by atoms with E-state index in [0.717, 1.165) is 0 Å². The number of carbonyl (C=O) groups excluding carboxylic acids is 2. The number of non-ortho nitro benzene ring substituents is 1. The highest BCUT2D eigenvalue weighted by molar-refractivity contribution is 6.15. The van der Waals surface area contributed by atoms with Crippen LogP contribution in [0.25, 0.3) is 6.08 Å². The van der Waals surface area contributed by atoms with E-state index in [4.69, 9.17) is 9.47 Å². The number of nitrogens with zero attached hydrogens (tertiary/aromatic N) is 1. The number of nitro groups is 1. The Kier molecular flexibility index (Phi) is 5.32. The predicted octanol–water partition coefficient (Wildman–Crippen LogP) is 4.78. The van der Waals surface area contributed by atoms with Crippen LogP contribution in [0.1, 0.15) is 31.8 Å². The van der Waals surface area contributed by atoms with Crippen LogP contribution in [0, 0.1) is 17.0 Å². The number of allylic oxidation sites excluding steroid dienone is 1. The summed E-state index contributed by atoms with van der Waals surface area (Å²) in [5.41, 5.74) is 2.13. The van der Waals surface area contributed by atoms with Crippen molar-refractivity contribution in [3.05, 3.63) is 105 Å². The first-order chi connectivity index (χ1) is 14.9. The fraction of sp³-hybridized carbons (Fsp3) is 0.0833. The molecular formula is C24H17NO6. The topological polar surface area (TPSA) is 95.7 Å². The summed E-state index contributed by atoms with van der Waals surface area (Å²) >= 11 is 0. The van der Waals surface area contributed by atoms with Gasteiger partial charge < -0.3 is 9.47 Å². The summed E-state index contributed by atoms with van der Waals surface area (Å²) in [4.78, 5) is 35.3. The standard InChI is InChI=1S/C24H17NO6/c1-15-21(30-14-20(26)17-5-3-2-4-6-17)12-11-19-23(27)22(31-24(15)19)13-16-7-9-18(10-8-16)25(28)29/h2-13H,14H2,1H3/b22-13-. The van der Waals surface area contributed by atoms with E-state index in [1.165, 1.54) is 18.2 Å². The fourth-order valence-corrected chi connectivity index (χ4v) is 3.22. The summed E-state index contributed by atoms with van der Waals surface area (Å²) < 4.78 is 11.5. The second kappa shape index (κ2) is 8.23. The van der Waals surface area contributed by atoms with E-state index in [0.29, 0.717) is 33.8 Å². The van der Waals surface area contributed by atoms with E-state index < -0.39 is 4.92 Å². The number of benzene rings is 3. The van der Waals surface area contributed by atoms with E-state index in [1.54, 1.807) is 55.5 Å². The van der Waals surface area contributed by atoms with Gasteiger partial charge in [-0.05, 0) is 42.8 Å². The monoisotopic (exact) mass is 415 g/mol. The molecule has 31 heavy (non-hydrogen) atoms. The first-order valence-electron chi connectivity index (χ1n) is 9.47. The molecule has 0 spiro atoms. The third-order valence-electron chi connectivity index (χ3n) is 4.89. The fourth-order valence-electron chi connectivity index (χ4n) is 3.22. The molecular weight excluding hydrogens is 398 g/mol. The summed E-state index contributed by atoms with van der Waals surface area (Å²) in [6, 6.07) is 17.9. The Morgan fingerprint density at radius 2 is 1.77 bits per heavy atom. The number of hydrogen-bond donors (Lipinski definition) is 0. The van der Waals surface area contributed by atoms with Gasteiger partial charge in [-0.3, -0.25) is 19.7 Å². The summed E-state index contributed by atoms with van der Waals surface area (Å²) in [5.74, 6) is 0.499. The predicted molar refractivity (Wildman–Crippen MR) is 113 cm³/mol. The molecule has 3 aromatic rings. The minimum atomic E-state index is -0.489. The Morgan fingerprint density at radius 1 is 1.06 bits per heavy atom. The summed E-state index contributed by atoms with van der Waals surface area (Å²) in [6.07, 6.45) is 1.53. The van der Waals surface area contributed by atoms with Crippen molar-refractivity contribution in [2.24, 2.45) is 0 Å². The zero-order valence-corrected chi connectivity index (χ0v) is 16.5. The van der Waals surface area contributed by atoms with Gasteiger partial charge in [0, 0.05) is 23.3 Å². The van der Waals surface area contributed by atoms with Crippen molar-refractivity contribution in [1.82, 2.24) is 0 Å². The normalized spacial score (nSPS) is 13.6. The lowest BCUT2D eigenvalue weighted by Crippen LogP contribution is -2.12. The number of rotatable bonds is 6. The molecule has 1 aliphatic rings. The van der Waals surface area contributed by atoms with Gasteiger partial charge in [-0.2, -0.15) is 0 Å². The zero-order valence-electron chi connectivity index (χ0n) is 16.5. The van der Waals surface area contributed by atoms with Crippen LogP contribution in [0.2, 0.25) is 0 Å². The number of ketones is 2. The van der Waals surface area contributed by atoms with Crippen LogP contribution in [0.3, 0.4) is 0 Å². The van der Waals surface area contributed by atoms with Gasteiger partial charge in [0.1, 0.15) is 11.5 Å². The van der Waals surface area contributed by atoms with Crippen molar-refractivity contribution in [2.45, 2.75) is 6.92 Å². The number of nitro benzene ring substituents is 1. The van der Waals surface area contributed by atoms with Gasteiger partial charge in [0.25, 0.3) is 5.69 Å². The molecule has 0 N–H and O–H groups in total. The lowest BCUT2D eigenvalue weighted by molar-refractivity contribution is -0.384. The zero-order chi connectivity index (χ0) is 22.0. The first-order valence-corrected chi connectivity index (χ1v) is 9.47. The van der Waals surface area contributed by atoms with Gasteiger partial charge in [0.05, 0.1) is 10.5 Å². The number of ether oxygens (including phenoxy) is 2. The molecule has 3 aromatic carbocycles. The van der Waals surface area contributed by atoms with Gasteiger partial charge in [-0.1, -0.05) is 30.3 Å². The highest BCUT2D eigenvalue weighted by atomic mass is 16.6. The lowest BCUT2D eigenvalue weighted by atomic mass is 10.1. The van der Waals surface area contributed by atoms with Crippen molar-refractivity contribution in [1.29, 1.82) is 0 Å². The SMILES string of the molecule is Cc1c(OCC(=O)c2ccccc2)ccc2c1O/C(=C\c1ccc([N+](=O)[O-])cc1)C2=O. The Hall–Kier alpha value is -4.26. The third-order valence-corrected chi connectivity index (χ3v) is 4.89. The quantitative estimate of drug-likeness (QED) is 0.249. The molecule has 0 amide bonds. The van der Waals surface area contributed by atoms with E-state index in [2.05, 4.69) is 0 Å². The van der Waals surface area contributed by atoms with Crippen LogP contribution in [0.4, 0.5) is 5.69 Å². The molecule has 0 atom stereocenters. The van der Waals surface area contributed by atoms with Gasteiger partial charge in [-0.25, -0.2) is 0 Å². The minimum Gasteiger partial charge on any atom is -0.485 e. The van der Waals surface area contributed by atoms with E-state index in [9.17, 15) is 19.7 Å². The van der Waals surface area contributed by atoms with Crippen molar-refractivity contribution in [3.63, 3.8) is 0 Å². The van der Waals surface area contributed by atoms with Gasteiger partial charge >= 0.3 is 0 Å². The number of carbonyl (C=O) groups is 2. The van der Waals surface area contributed by atoms with Crippen molar-refractivity contribution in [2.75, 3.05) is 6.61 Å². The Balaban J connectivity index is 1.52. The van der Waals surface area contributed by atoms with E-state index in [1.807, 2.05) is 6.07 Å². The maximum atomic E-state index is 12.7. The molecule has 1 heterocycles. The molecule has 7 heteroatoms. The Labute approximate surface area is 177 Å². The molecule has 7 nitrogen and oxygen atoms in total. The first kappa shape index (κ1) is 20.0. The van der Waals surface area contributed by atoms with Crippen molar-refractivity contribution in [3.8, 4) is 11.5 Å². The van der Waals surface area contributed by atoms with Crippen molar-refractivity contribution < 1.29 is 24.0 Å². The van der Waals surface area contributed by atoms with Gasteiger partial charge in [0.15, 0.2) is 18.1 Å². The lowest BCUT2D eigenvalue weighted by Gasteiger charge is -2.11. The molecule has 0 aromatic heterocycles. The minimum absolute atomic E-state index is 0.0354. The molecule has 154 valence electrons. The van der Waals surface area contributed by atoms with Crippen LogP contribution in [0.15, 0.2) is 72.5 Å². The maximum Gasteiger partial charge on any atom is 0.269 e. The number of hydrogen-bond acceptors (Lipinski definition) is 6. The molecule has 1 aliphatic heterocycles. The summed E-state index contributed by atoms with van der Waals surface area (Å²) in [6.45, 7) is 1.62. The average molecular weight is 415 g/mol. The van der Waals surface area contributed by atoms with E-state index >= 15 is 0 Å². The second-order valence-electron chi connectivity index (χ2n) is 6.93. The summed E-state index contributed by atoms with van der Waals surface area (Å²) in [5, 5.41) is 10.8. The molecule has 0 unspecified atom stereocenters. The molecule has 0 aliphatic carbocycles. The largest absolute Gasteiger partial charge is 0.485 e. The van der Waals surface area contributed by atoms with Crippen LogP contribution in [-0.4, -0.2) is 23.1 Å². The van der Waals surface area contributed by atoms with Crippen LogP contribution in [-0.2, 0) is 0 Å². The van der Waals surface area contributed by atoms with Crippen molar-refractivity contribution >= 4 is 23.3 Å². The Morgan fingerprint density at radius 3 is 2.45 bits per heavy atom. The number of Topliss-reactive ketones (excluding diaryl/α,β-unsaturated/α-hetero) is 2. The maximum absolute atomic E-state index is 12.7. The number of fused-ring (bicyclic) bond motifs is 1. The smallest absolute Gasteiger partial charge is 0.269 e. The molecule has 0 saturated heterocycles. The average Bonchev–Trinajstić information content (AvgIpc) is 3.10. The molecule has 0 fully saturated rings. The second-order valence-corrected chi connectivity index (χ2v) is 6.93. The van der Waals surface area contributed by atoms with E-state index in [-0.39, 0.29) is 29.6 Å². The highest BCUT2D eigenvalue weighted by Crippen LogP contribution is 2.39. The molecule has 0 radical (unpaired) electrons. The van der Waals surface area contributed by atoms with Gasteiger partial charge in [-0.15, -0.1) is 0 Å². The summed E-state index contributed by atoms with van der Waals surface area (Å²) in [7, 11) is 0. The Bertz CT molecular complexity index is 1210. The molecule has 0 saturated carbocycles. The van der Waals surface area contributed by atoms with Crippen LogP contribution in [0.5, 0.6) is 11.5 Å². The highest BCUT2D eigenvalue weighted by Gasteiger charge is 2.30. The molecule has 0 bridgehead atoms. The third kappa shape index (κ3) is 4.06.